The van der Waals surface area contributed by atoms with E-state index in [9.17, 15) is 4.79 Å². The molecule has 1 aliphatic rings. The van der Waals surface area contributed by atoms with Gasteiger partial charge in [-0.15, -0.1) is 0 Å². The van der Waals surface area contributed by atoms with Gasteiger partial charge in [0.05, 0.1) is 6.54 Å². The summed E-state index contributed by atoms with van der Waals surface area (Å²) < 4.78 is 1.88. The Kier molecular flexibility index (Phi) is 7.64. The van der Waals surface area contributed by atoms with Gasteiger partial charge in [-0.05, 0) is 36.2 Å². The lowest BCUT2D eigenvalue weighted by molar-refractivity contribution is 0.235. The van der Waals surface area contributed by atoms with Crippen molar-refractivity contribution >= 4 is 12.0 Å². The van der Waals surface area contributed by atoms with Crippen LogP contribution in [0.1, 0.15) is 17.5 Å². The van der Waals surface area contributed by atoms with Crippen LogP contribution in [0.4, 0.5) is 10.7 Å². The minimum absolute atomic E-state index is 0.134. The Morgan fingerprint density at radius 2 is 1.69 bits per heavy atom. The van der Waals surface area contributed by atoms with Crippen molar-refractivity contribution in [3.05, 3.63) is 72.3 Å². The lowest BCUT2D eigenvalue weighted by Crippen LogP contribution is -2.47. The van der Waals surface area contributed by atoms with Gasteiger partial charge in [0.1, 0.15) is 0 Å². The lowest BCUT2D eigenvalue weighted by atomic mass is 10.1. The smallest absolute Gasteiger partial charge is 0.315 e. The summed E-state index contributed by atoms with van der Waals surface area (Å²) in [6.07, 6.45) is 8.19. The molecule has 1 aliphatic heterocycles. The van der Waals surface area contributed by atoms with Crippen molar-refractivity contribution in [1.29, 1.82) is 0 Å². The van der Waals surface area contributed by atoms with Gasteiger partial charge < -0.3 is 15.5 Å². The molecule has 3 aromatic rings. The average Bonchev–Trinajstić information content (AvgIpc) is 3.35. The molecule has 0 aliphatic carbocycles. The van der Waals surface area contributed by atoms with E-state index in [2.05, 4.69) is 41.6 Å². The first-order chi connectivity index (χ1) is 15.8. The Hall–Kier alpha value is -3.46. The highest BCUT2D eigenvalue weighted by molar-refractivity contribution is 5.73. The number of amides is 2. The summed E-state index contributed by atoms with van der Waals surface area (Å²) >= 11 is 0. The molecule has 9 heteroatoms. The third kappa shape index (κ3) is 6.27. The quantitative estimate of drug-likeness (QED) is 0.499. The van der Waals surface area contributed by atoms with Crippen molar-refractivity contribution in [2.75, 3.05) is 44.2 Å². The standard InChI is InChI=1S/C23H30N8O/c32-23(27-18-20-6-1-2-7-21(20)19-31-13-5-11-28-31)26-10-4-12-29-14-16-30(17-15-29)22-24-8-3-9-25-22/h1-3,5-9,11,13H,4,10,12,14-19H2,(H2,26,27,32). The van der Waals surface area contributed by atoms with Crippen molar-refractivity contribution in [3.8, 4) is 0 Å². The summed E-state index contributed by atoms with van der Waals surface area (Å²) in [4.78, 5) is 25.5. The maximum atomic E-state index is 12.2. The van der Waals surface area contributed by atoms with Gasteiger partial charge >= 0.3 is 6.03 Å². The van der Waals surface area contributed by atoms with Crippen LogP contribution in [0.3, 0.4) is 0 Å². The average molecular weight is 435 g/mol. The second-order valence-electron chi connectivity index (χ2n) is 7.81. The number of piperazine rings is 1. The van der Waals surface area contributed by atoms with E-state index in [1.807, 2.05) is 41.2 Å². The molecule has 0 atom stereocenters. The topological polar surface area (TPSA) is 91.2 Å². The van der Waals surface area contributed by atoms with Crippen molar-refractivity contribution in [2.24, 2.45) is 0 Å². The van der Waals surface area contributed by atoms with E-state index in [0.29, 0.717) is 19.6 Å². The molecule has 0 spiro atoms. The minimum atomic E-state index is -0.134. The van der Waals surface area contributed by atoms with Gasteiger partial charge in [0.25, 0.3) is 0 Å². The highest BCUT2D eigenvalue weighted by Crippen LogP contribution is 2.11. The van der Waals surface area contributed by atoms with Crippen LogP contribution in [0, 0.1) is 0 Å². The van der Waals surface area contributed by atoms with Crippen LogP contribution in [-0.2, 0) is 13.1 Å². The number of anilines is 1. The Morgan fingerprint density at radius 3 is 2.44 bits per heavy atom. The molecule has 32 heavy (non-hydrogen) atoms. The molecular weight excluding hydrogens is 404 g/mol. The molecule has 2 amide bonds. The predicted molar refractivity (Wildman–Crippen MR) is 123 cm³/mol. The molecule has 0 unspecified atom stereocenters. The second kappa shape index (κ2) is 11.2. The molecule has 2 N–H and O–H groups in total. The first kappa shape index (κ1) is 21.8. The van der Waals surface area contributed by atoms with Crippen LogP contribution < -0.4 is 15.5 Å². The maximum Gasteiger partial charge on any atom is 0.315 e. The van der Waals surface area contributed by atoms with Gasteiger partial charge in [-0.2, -0.15) is 5.10 Å². The summed E-state index contributed by atoms with van der Waals surface area (Å²) in [5, 5.41) is 10.2. The van der Waals surface area contributed by atoms with Gasteiger partial charge in [-0.25, -0.2) is 14.8 Å². The summed E-state index contributed by atoms with van der Waals surface area (Å²) in [5.41, 5.74) is 2.25. The SMILES string of the molecule is O=C(NCCCN1CCN(c2ncccn2)CC1)NCc1ccccc1Cn1cccn1. The Balaban J connectivity index is 1.12. The van der Waals surface area contributed by atoms with Gasteiger partial charge in [0.2, 0.25) is 5.95 Å². The van der Waals surface area contributed by atoms with E-state index in [4.69, 9.17) is 0 Å². The van der Waals surface area contributed by atoms with E-state index >= 15 is 0 Å². The number of hydrogen-bond acceptors (Lipinski definition) is 6. The van der Waals surface area contributed by atoms with Crippen LogP contribution in [0.2, 0.25) is 0 Å². The molecule has 0 bridgehead atoms. The zero-order chi connectivity index (χ0) is 22.0. The normalized spacial score (nSPS) is 14.3. The molecule has 168 valence electrons. The molecular formula is C23H30N8O. The number of hydrogen-bond donors (Lipinski definition) is 2. The van der Waals surface area contributed by atoms with E-state index in [0.717, 1.165) is 56.2 Å². The number of rotatable bonds is 9. The van der Waals surface area contributed by atoms with Crippen LogP contribution in [0.5, 0.6) is 0 Å². The molecule has 0 radical (unpaired) electrons. The van der Waals surface area contributed by atoms with Crippen LogP contribution in [-0.4, -0.2) is 69.9 Å². The number of nitrogens with one attached hydrogen (secondary N) is 2. The minimum Gasteiger partial charge on any atom is -0.338 e. The zero-order valence-electron chi connectivity index (χ0n) is 18.2. The fraction of sp³-hybridized carbons (Fsp3) is 0.391. The summed E-state index contributed by atoms with van der Waals surface area (Å²) in [5.74, 6) is 0.802. The maximum absolute atomic E-state index is 12.2. The van der Waals surface area contributed by atoms with Crippen molar-refractivity contribution in [1.82, 2.24) is 35.3 Å². The molecule has 1 fully saturated rings. The van der Waals surface area contributed by atoms with Crippen molar-refractivity contribution < 1.29 is 4.79 Å². The third-order valence-electron chi connectivity index (χ3n) is 5.59. The summed E-state index contributed by atoms with van der Waals surface area (Å²) in [6, 6.07) is 11.7. The number of aromatic nitrogens is 4. The largest absolute Gasteiger partial charge is 0.338 e. The van der Waals surface area contributed by atoms with Gasteiger partial charge in [-0.3, -0.25) is 9.58 Å². The summed E-state index contributed by atoms with van der Waals surface area (Å²) in [6.45, 7) is 6.63. The molecule has 3 heterocycles. The summed E-state index contributed by atoms with van der Waals surface area (Å²) in [7, 11) is 0. The number of carbonyl (C=O) groups is 1. The lowest BCUT2D eigenvalue weighted by Gasteiger charge is -2.34. The second-order valence-corrected chi connectivity index (χ2v) is 7.81. The molecule has 1 aromatic carbocycles. The molecule has 9 nitrogen and oxygen atoms in total. The van der Waals surface area contributed by atoms with Crippen LogP contribution in [0.15, 0.2) is 61.2 Å². The van der Waals surface area contributed by atoms with Crippen LogP contribution in [0.25, 0.3) is 0 Å². The first-order valence-electron chi connectivity index (χ1n) is 11.1. The van der Waals surface area contributed by atoms with E-state index < -0.39 is 0 Å². The fourth-order valence-electron chi connectivity index (χ4n) is 3.82. The zero-order valence-corrected chi connectivity index (χ0v) is 18.2. The van der Waals surface area contributed by atoms with Gasteiger partial charge in [-0.1, -0.05) is 24.3 Å². The Labute approximate surface area is 188 Å². The number of nitrogens with zero attached hydrogens (tertiary/aromatic N) is 6. The number of carbonyl (C=O) groups excluding carboxylic acids is 1. The number of urea groups is 1. The highest BCUT2D eigenvalue weighted by Gasteiger charge is 2.18. The predicted octanol–water partition coefficient (Wildman–Crippen LogP) is 1.73. The first-order valence-corrected chi connectivity index (χ1v) is 11.1. The molecule has 4 rings (SSSR count). The third-order valence-corrected chi connectivity index (χ3v) is 5.59. The van der Waals surface area contributed by atoms with Crippen LogP contribution >= 0.6 is 0 Å². The van der Waals surface area contributed by atoms with Gasteiger partial charge in [0, 0.05) is 64.1 Å². The molecule has 2 aromatic heterocycles. The number of benzene rings is 1. The monoisotopic (exact) mass is 434 g/mol. The molecule has 0 saturated carbocycles. The van der Waals surface area contributed by atoms with Crippen molar-refractivity contribution in [3.63, 3.8) is 0 Å². The fourth-order valence-corrected chi connectivity index (χ4v) is 3.82. The van der Waals surface area contributed by atoms with E-state index in [-0.39, 0.29) is 6.03 Å². The molecule has 1 saturated heterocycles. The highest BCUT2D eigenvalue weighted by atomic mass is 16.2. The van der Waals surface area contributed by atoms with Crippen molar-refractivity contribution in [2.45, 2.75) is 19.5 Å². The Bertz CT molecular complexity index is 955. The van der Waals surface area contributed by atoms with E-state index in [1.54, 1.807) is 18.6 Å². The van der Waals surface area contributed by atoms with Gasteiger partial charge in [0.15, 0.2) is 0 Å². The van der Waals surface area contributed by atoms with E-state index in [1.165, 1.54) is 0 Å². The Morgan fingerprint density at radius 1 is 0.906 bits per heavy atom.